The Kier molecular flexibility index (Phi) is 2.07. The van der Waals surface area contributed by atoms with Crippen LogP contribution in [0.1, 0.15) is 36.7 Å². The summed E-state index contributed by atoms with van der Waals surface area (Å²) in [7, 11) is 0. The van der Waals surface area contributed by atoms with Crippen LogP contribution in [0.5, 0.6) is 0 Å². The van der Waals surface area contributed by atoms with Gasteiger partial charge in [0.2, 0.25) is 0 Å². The Balaban J connectivity index is 2.47. The summed E-state index contributed by atoms with van der Waals surface area (Å²) in [6, 6.07) is 4.79. The maximum absolute atomic E-state index is 13.5. The van der Waals surface area contributed by atoms with Crippen LogP contribution in [0.4, 0.5) is 4.39 Å². The summed E-state index contributed by atoms with van der Waals surface area (Å²) in [5, 5.41) is 0. The third-order valence-corrected chi connectivity index (χ3v) is 2.70. The van der Waals surface area contributed by atoms with Crippen LogP contribution in [0.15, 0.2) is 18.2 Å². The molecule has 1 amide bonds. The van der Waals surface area contributed by atoms with Gasteiger partial charge in [-0.15, -0.1) is 0 Å². The molecule has 0 saturated heterocycles. The SMILES string of the molecule is CC(C)(C)N1Cc2cccc(F)c2C1=O. The van der Waals surface area contributed by atoms with Crippen molar-refractivity contribution >= 4 is 5.91 Å². The fraction of sp³-hybridized carbons (Fsp3) is 0.417. The predicted molar refractivity (Wildman–Crippen MR) is 56.0 cm³/mol. The number of carbonyl (C=O) groups excluding carboxylic acids is 1. The number of carbonyl (C=O) groups is 1. The van der Waals surface area contributed by atoms with Gasteiger partial charge in [-0.25, -0.2) is 4.39 Å². The number of hydrogen-bond donors (Lipinski definition) is 0. The topological polar surface area (TPSA) is 20.3 Å². The average molecular weight is 207 g/mol. The van der Waals surface area contributed by atoms with E-state index in [4.69, 9.17) is 0 Å². The molecule has 0 fully saturated rings. The van der Waals surface area contributed by atoms with Gasteiger partial charge in [-0.3, -0.25) is 4.79 Å². The Morgan fingerprint density at radius 1 is 1.33 bits per heavy atom. The van der Waals surface area contributed by atoms with Gasteiger partial charge >= 0.3 is 0 Å². The molecule has 15 heavy (non-hydrogen) atoms. The molecule has 2 rings (SSSR count). The highest BCUT2D eigenvalue weighted by molar-refractivity contribution is 5.99. The Hall–Kier alpha value is -1.38. The summed E-state index contributed by atoms with van der Waals surface area (Å²) >= 11 is 0. The molecule has 0 N–H and O–H groups in total. The van der Waals surface area contributed by atoms with Crippen LogP contribution in [0.3, 0.4) is 0 Å². The smallest absolute Gasteiger partial charge is 0.257 e. The second kappa shape index (κ2) is 3.05. The minimum absolute atomic E-state index is 0.199. The van der Waals surface area contributed by atoms with E-state index in [9.17, 15) is 9.18 Å². The van der Waals surface area contributed by atoms with Gasteiger partial charge in [0.25, 0.3) is 5.91 Å². The lowest BCUT2D eigenvalue weighted by Crippen LogP contribution is -2.41. The number of amides is 1. The first-order valence-corrected chi connectivity index (χ1v) is 5.00. The average Bonchev–Trinajstić information content (AvgIpc) is 2.44. The maximum Gasteiger partial charge on any atom is 0.257 e. The van der Waals surface area contributed by atoms with Gasteiger partial charge in [0.1, 0.15) is 5.82 Å². The Labute approximate surface area is 88.7 Å². The van der Waals surface area contributed by atoms with E-state index in [1.54, 1.807) is 11.0 Å². The lowest BCUT2D eigenvalue weighted by molar-refractivity contribution is 0.0606. The van der Waals surface area contributed by atoms with E-state index in [0.29, 0.717) is 6.54 Å². The summed E-state index contributed by atoms with van der Waals surface area (Å²) in [4.78, 5) is 13.6. The van der Waals surface area contributed by atoms with Crippen LogP contribution in [-0.4, -0.2) is 16.3 Å². The van der Waals surface area contributed by atoms with Gasteiger partial charge in [-0.1, -0.05) is 12.1 Å². The molecule has 80 valence electrons. The highest BCUT2D eigenvalue weighted by Crippen LogP contribution is 2.30. The third kappa shape index (κ3) is 1.52. The van der Waals surface area contributed by atoms with Crippen LogP contribution in [0.2, 0.25) is 0 Å². The monoisotopic (exact) mass is 207 g/mol. The highest BCUT2D eigenvalue weighted by Gasteiger charge is 2.36. The number of hydrogen-bond acceptors (Lipinski definition) is 1. The summed E-state index contributed by atoms with van der Waals surface area (Å²) in [6.07, 6.45) is 0. The Morgan fingerprint density at radius 2 is 2.00 bits per heavy atom. The largest absolute Gasteiger partial charge is 0.329 e. The first kappa shape index (κ1) is 10.1. The molecule has 1 aliphatic rings. The fourth-order valence-electron chi connectivity index (χ4n) is 1.86. The molecule has 1 aliphatic heterocycles. The van der Waals surface area contributed by atoms with Crippen LogP contribution in [0, 0.1) is 5.82 Å². The Morgan fingerprint density at radius 3 is 2.53 bits per heavy atom. The van der Waals surface area contributed by atoms with Crippen LogP contribution < -0.4 is 0 Å². The summed E-state index contributed by atoms with van der Waals surface area (Å²) < 4.78 is 13.5. The molecule has 3 heteroatoms. The van der Waals surface area contributed by atoms with E-state index in [2.05, 4.69) is 0 Å². The molecule has 0 radical (unpaired) electrons. The quantitative estimate of drug-likeness (QED) is 0.640. The minimum atomic E-state index is -0.413. The van der Waals surface area contributed by atoms with Gasteiger partial charge in [0.15, 0.2) is 0 Å². The molecule has 0 aliphatic carbocycles. The molecular weight excluding hydrogens is 193 g/mol. The molecule has 0 aromatic heterocycles. The predicted octanol–water partition coefficient (Wildman–Crippen LogP) is 2.58. The zero-order valence-electron chi connectivity index (χ0n) is 9.17. The third-order valence-electron chi connectivity index (χ3n) is 2.70. The normalized spacial score (nSPS) is 15.7. The molecule has 0 atom stereocenters. The molecule has 0 spiro atoms. The van der Waals surface area contributed by atoms with E-state index < -0.39 is 5.82 Å². The van der Waals surface area contributed by atoms with E-state index in [1.165, 1.54) is 6.07 Å². The van der Waals surface area contributed by atoms with Crippen LogP contribution in [-0.2, 0) is 6.54 Å². The minimum Gasteiger partial charge on any atom is -0.329 e. The second-order valence-electron chi connectivity index (χ2n) is 4.84. The van der Waals surface area contributed by atoms with Crippen molar-refractivity contribution in [2.45, 2.75) is 32.9 Å². The number of rotatable bonds is 0. The van der Waals surface area contributed by atoms with E-state index in [0.717, 1.165) is 5.56 Å². The van der Waals surface area contributed by atoms with Crippen molar-refractivity contribution in [1.29, 1.82) is 0 Å². The standard InChI is InChI=1S/C12H14FNO/c1-12(2,3)14-7-8-5-4-6-9(13)10(8)11(14)15/h4-6H,7H2,1-3H3. The van der Waals surface area contributed by atoms with Crippen molar-refractivity contribution in [1.82, 2.24) is 4.90 Å². The fourth-order valence-corrected chi connectivity index (χ4v) is 1.86. The van der Waals surface area contributed by atoms with Gasteiger partial charge in [0, 0.05) is 12.1 Å². The molecule has 0 bridgehead atoms. The molecule has 1 aromatic rings. The van der Waals surface area contributed by atoms with Gasteiger partial charge in [-0.2, -0.15) is 0 Å². The van der Waals surface area contributed by atoms with E-state index in [1.807, 2.05) is 26.8 Å². The number of fused-ring (bicyclic) bond motifs is 1. The van der Waals surface area contributed by atoms with Crippen molar-refractivity contribution in [2.24, 2.45) is 0 Å². The molecule has 2 nitrogen and oxygen atoms in total. The van der Waals surface area contributed by atoms with Gasteiger partial charge < -0.3 is 4.90 Å². The number of halogens is 1. The van der Waals surface area contributed by atoms with Crippen LogP contribution in [0.25, 0.3) is 0 Å². The first-order valence-electron chi connectivity index (χ1n) is 5.00. The highest BCUT2D eigenvalue weighted by atomic mass is 19.1. The van der Waals surface area contributed by atoms with E-state index in [-0.39, 0.29) is 17.0 Å². The van der Waals surface area contributed by atoms with Crippen molar-refractivity contribution < 1.29 is 9.18 Å². The van der Waals surface area contributed by atoms with Gasteiger partial charge in [0.05, 0.1) is 5.56 Å². The number of nitrogens with zero attached hydrogens (tertiary/aromatic N) is 1. The summed E-state index contributed by atoms with van der Waals surface area (Å²) in [6.45, 7) is 6.37. The zero-order valence-corrected chi connectivity index (χ0v) is 9.17. The lowest BCUT2D eigenvalue weighted by atomic mass is 10.1. The first-order chi connectivity index (χ1) is 6.91. The van der Waals surface area contributed by atoms with Crippen molar-refractivity contribution in [2.75, 3.05) is 0 Å². The molecular formula is C12H14FNO. The van der Waals surface area contributed by atoms with Crippen LogP contribution >= 0.6 is 0 Å². The van der Waals surface area contributed by atoms with Crippen molar-refractivity contribution in [3.05, 3.63) is 35.1 Å². The molecule has 0 unspecified atom stereocenters. The van der Waals surface area contributed by atoms with Crippen molar-refractivity contribution in [3.63, 3.8) is 0 Å². The van der Waals surface area contributed by atoms with Crippen molar-refractivity contribution in [3.8, 4) is 0 Å². The molecule has 1 aromatic carbocycles. The van der Waals surface area contributed by atoms with Gasteiger partial charge in [-0.05, 0) is 32.4 Å². The molecule has 0 saturated carbocycles. The van der Waals surface area contributed by atoms with E-state index >= 15 is 0 Å². The summed E-state index contributed by atoms with van der Waals surface area (Å²) in [5.41, 5.74) is 0.769. The Bertz CT molecular complexity index is 420. The maximum atomic E-state index is 13.5. The summed E-state index contributed by atoms with van der Waals surface area (Å²) in [5.74, 6) is -0.611. The zero-order chi connectivity index (χ0) is 11.2. The lowest BCUT2D eigenvalue weighted by Gasteiger charge is -2.31. The number of benzene rings is 1. The second-order valence-corrected chi connectivity index (χ2v) is 4.84. The molecule has 1 heterocycles.